The first kappa shape index (κ1) is 17.8. The van der Waals surface area contributed by atoms with E-state index in [0.29, 0.717) is 16.7 Å². The van der Waals surface area contributed by atoms with Gasteiger partial charge in [-0.15, -0.1) is 0 Å². The third-order valence-electron chi connectivity index (χ3n) is 3.52. The van der Waals surface area contributed by atoms with E-state index in [4.69, 9.17) is 4.74 Å². The van der Waals surface area contributed by atoms with Gasteiger partial charge in [0.15, 0.2) is 0 Å². The monoisotopic (exact) mass is 436 g/mol. The summed E-state index contributed by atoms with van der Waals surface area (Å²) < 4.78 is 31.3. The van der Waals surface area contributed by atoms with Gasteiger partial charge in [-0.2, -0.15) is 0 Å². The molecule has 0 aliphatic carbocycles. The van der Waals surface area contributed by atoms with Crippen molar-refractivity contribution >= 4 is 53.3 Å². The third kappa shape index (κ3) is 4.00. The van der Waals surface area contributed by atoms with Crippen LogP contribution in [0.5, 0.6) is 5.75 Å². The molecule has 25 heavy (non-hydrogen) atoms. The van der Waals surface area contributed by atoms with Gasteiger partial charge in [0.2, 0.25) is 9.84 Å². The molecule has 0 aliphatic heterocycles. The topological polar surface area (TPSA) is 60.4 Å². The zero-order chi connectivity index (χ0) is 18.0. The van der Waals surface area contributed by atoms with E-state index in [1.807, 2.05) is 6.07 Å². The summed E-state index contributed by atoms with van der Waals surface area (Å²) in [7, 11) is -2.28. The number of halogens is 1. The molecule has 0 amide bonds. The molecule has 0 aliphatic rings. The zero-order valence-electron chi connectivity index (χ0n) is 13.1. The van der Waals surface area contributed by atoms with Gasteiger partial charge in [0.05, 0.1) is 7.11 Å². The summed E-state index contributed by atoms with van der Waals surface area (Å²) in [6.45, 7) is 0. The van der Waals surface area contributed by atoms with Crippen molar-refractivity contribution in [2.24, 2.45) is 0 Å². The molecule has 0 N–H and O–H groups in total. The maximum atomic E-state index is 12.6. The van der Waals surface area contributed by atoms with Crippen LogP contribution in [0.15, 0.2) is 68.1 Å². The predicted molar refractivity (Wildman–Crippen MR) is 105 cm³/mol. The van der Waals surface area contributed by atoms with E-state index in [0.717, 1.165) is 25.9 Å². The van der Waals surface area contributed by atoms with Crippen molar-refractivity contribution in [3.63, 3.8) is 0 Å². The van der Waals surface area contributed by atoms with Crippen molar-refractivity contribution in [1.29, 1.82) is 0 Å². The fourth-order valence-electron chi connectivity index (χ4n) is 2.23. The summed E-state index contributed by atoms with van der Waals surface area (Å²) in [5, 5.41) is 1.76. The second-order valence-corrected chi connectivity index (χ2v) is 8.93. The smallest absolute Gasteiger partial charge is 0.251 e. The Labute approximate surface area is 157 Å². The Hall–Kier alpha value is -1.96. The molecule has 3 rings (SSSR count). The molecule has 0 bridgehead atoms. The van der Waals surface area contributed by atoms with Gasteiger partial charge in [0, 0.05) is 14.6 Å². The molecule has 0 saturated heterocycles. The first-order valence-electron chi connectivity index (χ1n) is 7.20. The Balaban J connectivity index is 2.01. The molecular formula is C18H13BrO4S2. The van der Waals surface area contributed by atoms with E-state index >= 15 is 0 Å². The highest BCUT2D eigenvalue weighted by atomic mass is 79.9. The minimum atomic E-state index is -3.84. The van der Waals surface area contributed by atoms with Crippen LogP contribution in [0.2, 0.25) is 0 Å². The minimum Gasteiger partial charge on any atom is -0.497 e. The van der Waals surface area contributed by atoms with Gasteiger partial charge in [-0.1, -0.05) is 39.4 Å². The van der Waals surface area contributed by atoms with E-state index in [1.54, 1.807) is 43.5 Å². The van der Waals surface area contributed by atoms with Crippen molar-refractivity contribution < 1.29 is 13.2 Å². The lowest BCUT2D eigenvalue weighted by Crippen LogP contribution is -2.09. The van der Waals surface area contributed by atoms with Crippen LogP contribution in [0, 0.1) is 0 Å². The quantitative estimate of drug-likeness (QED) is 0.604. The standard InChI is InChI=1S/C18H13BrO4S2/c1-23-15-5-2-12(3-6-15)8-9-25(21,22)17-11-13-10-14(19)4-7-16(13)24-18(17)20/h2-11H,1H3. The molecule has 7 heteroatoms. The summed E-state index contributed by atoms with van der Waals surface area (Å²) >= 11 is 4.28. The molecule has 1 aromatic heterocycles. The summed E-state index contributed by atoms with van der Waals surface area (Å²) in [5.41, 5.74) is 0.698. The third-order valence-corrected chi connectivity index (χ3v) is 6.55. The largest absolute Gasteiger partial charge is 0.497 e. The number of sulfone groups is 1. The molecule has 1 heterocycles. The van der Waals surface area contributed by atoms with Crippen LogP contribution in [-0.4, -0.2) is 15.5 Å². The fraction of sp³-hybridized carbons (Fsp3) is 0.0556. The zero-order valence-corrected chi connectivity index (χ0v) is 16.3. The van der Waals surface area contributed by atoms with Crippen LogP contribution in [0.25, 0.3) is 16.2 Å². The molecule has 4 nitrogen and oxygen atoms in total. The molecule has 0 spiro atoms. The predicted octanol–water partition coefficient (Wildman–Crippen LogP) is 4.48. The molecule has 3 aromatic rings. The number of rotatable bonds is 4. The van der Waals surface area contributed by atoms with Crippen molar-refractivity contribution in [1.82, 2.24) is 0 Å². The lowest BCUT2D eigenvalue weighted by molar-refractivity contribution is 0.415. The Morgan fingerprint density at radius 1 is 1.08 bits per heavy atom. The molecular weight excluding hydrogens is 424 g/mol. The highest BCUT2D eigenvalue weighted by molar-refractivity contribution is 9.10. The number of hydrogen-bond donors (Lipinski definition) is 0. The van der Waals surface area contributed by atoms with Crippen LogP contribution in [0.4, 0.5) is 0 Å². The van der Waals surface area contributed by atoms with Crippen molar-refractivity contribution in [2.75, 3.05) is 7.11 Å². The van der Waals surface area contributed by atoms with E-state index < -0.39 is 14.6 Å². The number of ether oxygens (including phenoxy) is 1. The van der Waals surface area contributed by atoms with Crippen LogP contribution in [0.1, 0.15) is 5.56 Å². The van der Waals surface area contributed by atoms with Crippen LogP contribution < -0.4 is 9.48 Å². The van der Waals surface area contributed by atoms with E-state index in [1.165, 1.54) is 12.1 Å². The molecule has 0 radical (unpaired) electrons. The lowest BCUT2D eigenvalue weighted by atomic mass is 10.2. The number of fused-ring (bicyclic) bond motifs is 1. The maximum Gasteiger partial charge on any atom is 0.251 e. The second-order valence-electron chi connectivity index (χ2n) is 5.20. The van der Waals surface area contributed by atoms with Crippen molar-refractivity contribution in [3.8, 4) is 5.75 Å². The molecule has 0 saturated carbocycles. The van der Waals surface area contributed by atoms with Gasteiger partial charge in [0.1, 0.15) is 10.6 Å². The van der Waals surface area contributed by atoms with Gasteiger partial charge in [0.25, 0.3) is 4.74 Å². The van der Waals surface area contributed by atoms with Gasteiger partial charge in [-0.25, -0.2) is 8.42 Å². The van der Waals surface area contributed by atoms with Crippen LogP contribution >= 0.6 is 27.3 Å². The first-order chi connectivity index (χ1) is 11.9. The maximum absolute atomic E-state index is 12.6. The Kier molecular flexibility index (Phi) is 5.08. The summed E-state index contributed by atoms with van der Waals surface area (Å²) in [4.78, 5) is 12.0. The number of hydrogen-bond acceptors (Lipinski definition) is 5. The average molecular weight is 437 g/mol. The van der Waals surface area contributed by atoms with Crippen molar-refractivity contribution in [3.05, 3.63) is 73.5 Å². The van der Waals surface area contributed by atoms with E-state index in [2.05, 4.69) is 15.9 Å². The Morgan fingerprint density at radius 2 is 1.80 bits per heavy atom. The normalized spacial score (nSPS) is 11.9. The molecule has 0 fully saturated rings. The van der Waals surface area contributed by atoms with Gasteiger partial charge < -0.3 is 4.74 Å². The first-order valence-corrected chi connectivity index (χ1v) is 10.4. The molecule has 2 aromatic carbocycles. The molecule has 128 valence electrons. The number of benzene rings is 2. The van der Waals surface area contributed by atoms with Crippen LogP contribution in [0.3, 0.4) is 0 Å². The average Bonchev–Trinajstić information content (AvgIpc) is 2.60. The van der Waals surface area contributed by atoms with Crippen LogP contribution in [-0.2, 0) is 9.84 Å². The Morgan fingerprint density at radius 3 is 2.48 bits per heavy atom. The van der Waals surface area contributed by atoms with E-state index in [9.17, 15) is 13.2 Å². The SMILES string of the molecule is COc1ccc(C=CS(=O)(=O)c2cc3cc(Br)ccc3sc2=O)cc1. The molecule has 0 unspecified atom stereocenters. The minimum absolute atomic E-state index is 0.215. The summed E-state index contributed by atoms with van der Waals surface area (Å²) in [6, 6.07) is 13.8. The van der Waals surface area contributed by atoms with Gasteiger partial charge >= 0.3 is 0 Å². The Bertz CT molecular complexity index is 1110. The number of methoxy groups -OCH3 is 1. The summed E-state index contributed by atoms with van der Waals surface area (Å²) in [6.07, 6.45) is 1.46. The highest BCUT2D eigenvalue weighted by Gasteiger charge is 2.16. The molecule has 0 atom stereocenters. The van der Waals surface area contributed by atoms with Crippen molar-refractivity contribution in [2.45, 2.75) is 4.90 Å². The lowest BCUT2D eigenvalue weighted by Gasteiger charge is -2.02. The summed E-state index contributed by atoms with van der Waals surface area (Å²) in [5.74, 6) is 0.684. The fourth-order valence-corrected chi connectivity index (χ4v) is 4.82. The second kappa shape index (κ2) is 7.11. The van der Waals surface area contributed by atoms with Gasteiger partial charge in [-0.3, -0.25) is 4.79 Å². The van der Waals surface area contributed by atoms with E-state index in [-0.39, 0.29) is 4.90 Å². The highest BCUT2D eigenvalue weighted by Crippen LogP contribution is 2.24. The van der Waals surface area contributed by atoms with Gasteiger partial charge in [-0.05, 0) is 53.4 Å².